The van der Waals surface area contributed by atoms with Crippen LogP contribution in [0.5, 0.6) is 0 Å². The van der Waals surface area contributed by atoms with E-state index >= 15 is 0 Å². The Bertz CT molecular complexity index is 906. The summed E-state index contributed by atoms with van der Waals surface area (Å²) >= 11 is 6.30. The molecule has 0 amide bonds. The van der Waals surface area contributed by atoms with E-state index in [1.807, 2.05) is 50.2 Å². The Morgan fingerprint density at radius 2 is 1.96 bits per heavy atom. The van der Waals surface area contributed by atoms with Crippen molar-refractivity contribution in [3.8, 4) is 6.07 Å². The van der Waals surface area contributed by atoms with Gasteiger partial charge in [0.2, 0.25) is 0 Å². The quantitative estimate of drug-likeness (QED) is 0.739. The molecule has 1 heterocycles. The minimum atomic E-state index is 0.586. The van der Waals surface area contributed by atoms with E-state index in [-0.39, 0.29) is 0 Å². The van der Waals surface area contributed by atoms with Crippen molar-refractivity contribution in [2.75, 3.05) is 5.32 Å². The van der Waals surface area contributed by atoms with Crippen LogP contribution in [0.3, 0.4) is 0 Å². The first-order valence-electron chi connectivity index (χ1n) is 7.38. The third-order valence-electron chi connectivity index (χ3n) is 3.90. The van der Waals surface area contributed by atoms with Crippen molar-refractivity contribution < 1.29 is 0 Å². The van der Waals surface area contributed by atoms with Gasteiger partial charge in [-0.15, -0.1) is 0 Å². The Balaban J connectivity index is 2.02. The Hall–Kier alpha value is -2.57. The van der Waals surface area contributed by atoms with Gasteiger partial charge in [-0.05, 0) is 43.2 Å². The third-order valence-corrected chi connectivity index (χ3v) is 4.25. The maximum absolute atomic E-state index is 9.27. The van der Waals surface area contributed by atoms with Gasteiger partial charge in [0.05, 0.1) is 11.1 Å². The molecule has 114 valence electrons. The molecule has 0 atom stereocenters. The monoisotopic (exact) mass is 321 g/mol. The number of anilines is 1. The van der Waals surface area contributed by atoms with E-state index in [9.17, 15) is 5.26 Å². The lowest BCUT2D eigenvalue weighted by atomic mass is 10.1. The molecule has 3 aromatic rings. The van der Waals surface area contributed by atoms with Crippen molar-refractivity contribution >= 4 is 28.2 Å². The van der Waals surface area contributed by atoms with Crippen LogP contribution in [0, 0.1) is 25.2 Å². The van der Waals surface area contributed by atoms with Crippen molar-refractivity contribution in [1.29, 1.82) is 5.26 Å². The molecule has 2 aromatic carbocycles. The first kappa shape index (κ1) is 15.3. The normalized spacial score (nSPS) is 10.5. The topological polar surface area (TPSA) is 48.7 Å². The van der Waals surface area contributed by atoms with Crippen LogP contribution in [0.15, 0.2) is 42.5 Å². The Morgan fingerprint density at radius 1 is 1.17 bits per heavy atom. The highest BCUT2D eigenvalue weighted by atomic mass is 35.5. The standard InChI is InChI=1S/C19H16ClN3/c1-12-5-3-8-17(20)16(12)11-22-18-9-13(2)23-19-14(10-21)6-4-7-15(18)19/h3-9H,11H2,1-2H3,(H,22,23). The molecule has 3 nitrogen and oxygen atoms in total. The van der Waals surface area contributed by atoms with Crippen LogP contribution >= 0.6 is 11.6 Å². The van der Waals surface area contributed by atoms with Crippen LogP contribution in [-0.2, 0) is 6.54 Å². The number of hydrogen-bond donors (Lipinski definition) is 1. The summed E-state index contributed by atoms with van der Waals surface area (Å²) in [5.41, 5.74) is 5.38. The number of benzene rings is 2. The molecule has 0 fully saturated rings. The maximum atomic E-state index is 9.27. The number of hydrogen-bond acceptors (Lipinski definition) is 3. The zero-order valence-corrected chi connectivity index (χ0v) is 13.8. The molecule has 0 bridgehead atoms. The van der Waals surface area contributed by atoms with Gasteiger partial charge in [-0.1, -0.05) is 35.9 Å². The summed E-state index contributed by atoms with van der Waals surface area (Å²) in [6, 6.07) is 15.7. The highest BCUT2D eigenvalue weighted by Gasteiger charge is 2.09. The van der Waals surface area contributed by atoms with Crippen LogP contribution < -0.4 is 5.32 Å². The van der Waals surface area contributed by atoms with E-state index in [1.54, 1.807) is 6.07 Å². The van der Waals surface area contributed by atoms with Crippen LogP contribution in [0.1, 0.15) is 22.4 Å². The summed E-state index contributed by atoms with van der Waals surface area (Å²) in [6.45, 7) is 4.60. The van der Waals surface area contributed by atoms with Gasteiger partial charge in [0.25, 0.3) is 0 Å². The predicted molar refractivity (Wildman–Crippen MR) is 94.7 cm³/mol. The summed E-state index contributed by atoms with van der Waals surface area (Å²) in [7, 11) is 0. The van der Waals surface area contributed by atoms with Gasteiger partial charge in [-0.3, -0.25) is 4.98 Å². The van der Waals surface area contributed by atoms with E-state index in [2.05, 4.69) is 16.4 Å². The number of halogens is 1. The van der Waals surface area contributed by atoms with Crippen LogP contribution in [-0.4, -0.2) is 4.98 Å². The fourth-order valence-electron chi connectivity index (χ4n) is 2.69. The third kappa shape index (κ3) is 2.99. The van der Waals surface area contributed by atoms with E-state index in [0.29, 0.717) is 12.1 Å². The van der Waals surface area contributed by atoms with Gasteiger partial charge in [0.1, 0.15) is 6.07 Å². The number of fused-ring (bicyclic) bond motifs is 1. The minimum absolute atomic E-state index is 0.586. The molecule has 0 saturated heterocycles. The summed E-state index contributed by atoms with van der Waals surface area (Å²) < 4.78 is 0. The fraction of sp³-hybridized carbons (Fsp3) is 0.158. The largest absolute Gasteiger partial charge is 0.380 e. The molecule has 4 heteroatoms. The molecular weight excluding hydrogens is 306 g/mol. The summed E-state index contributed by atoms with van der Waals surface area (Å²) in [5, 5.41) is 14.4. The molecule has 0 aliphatic carbocycles. The van der Waals surface area contributed by atoms with Crippen LogP contribution in [0.4, 0.5) is 5.69 Å². The first-order valence-corrected chi connectivity index (χ1v) is 7.76. The van der Waals surface area contributed by atoms with Gasteiger partial charge < -0.3 is 5.32 Å². The first-order chi connectivity index (χ1) is 11.1. The van der Waals surface area contributed by atoms with Crippen molar-refractivity contribution in [1.82, 2.24) is 4.98 Å². The van der Waals surface area contributed by atoms with Gasteiger partial charge in [-0.25, -0.2) is 0 Å². The molecule has 3 rings (SSSR count). The molecule has 0 aliphatic heterocycles. The second kappa shape index (κ2) is 6.28. The molecule has 0 radical (unpaired) electrons. The Labute approximate surface area is 140 Å². The Kier molecular flexibility index (Phi) is 4.18. The van der Waals surface area contributed by atoms with E-state index in [4.69, 9.17) is 11.6 Å². The Morgan fingerprint density at radius 3 is 2.70 bits per heavy atom. The van der Waals surface area contributed by atoms with Gasteiger partial charge in [0.15, 0.2) is 0 Å². The minimum Gasteiger partial charge on any atom is -0.380 e. The number of nitrogens with zero attached hydrogens (tertiary/aromatic N) is 2. The summed E-state index contributed by atoms with van der Waals surface area (Å²) in [5.74, 6) is 0. The molecule has 23 heavy (non-hydrogen) atoms. The van der Waals surface area contributed by atoms with Crippen LogP contribution in [0.2, 0.25) is 5.02 Å². The average molecular weight is 322 g/mol. The summed E-state index contributed by atoms with van der Waals surface area (Å²) in [6.07, 6.45) is 0. The van der Waals surface area contributed by atoms with Gasteiger partial charge >= 0.3 is 0 Å². The molecule has 0 unspecified atom stereocenters. The molecule has 0 spiro atoms. The van der Waals surface area contributed by atoms with E-state index < -0.39 is 0 Å². The second-order valence-electron chi connectivity index (χ2n) is 5.51. The predicted octanol–water partition coefficient (Wildman–Crippen LogP) is 4.99. The lowest BCUT2D eigenvalue weighted by Crippen LogP contribution is -2.04. The van der Waals surface area contributed by atoms with E-state index in [0.717, 1.165) is 38.4 Å². The number of pyridine rings is 1. The smallest absolute Gasteiger partial charge is 0.101 e. The van der Waals surface area contributed by atoms with Crippen LogP contribution in [0.25, 0.3) is 10.9 Å². The number of nitriles is 1. The highest BCUT2D eigenvalue weighted by molar-refractivity contribution is 6.31. The summed E-state index contributed by atoms with van der Waals surface area (Å²) in [4.78, 5) is 4.51. The van der Waals surface area contributed by atoms with Gasteiger partial charge in [0, 0.05) is 28.3 Å². The van der Waals surface area contributed by atoms with Crippen molar-refractivity contribution in [2.24, 2.45) is 0 Å². The molecule has 0 aliphatic rings. The number of aryl methyl sites for hydroxylation is 2. The van der Waals surface area contributed by atoms with Crippen molar-refractivity contribution in [2.45, 2.75) is 20.4 Å². The number of aromatic nitrogens is 1. The number of nitrogens with one attached hydrogen (secondary N) is 1. The molecule has 0 saturated carbocycles. The number of para-hydroxylation sites is 1. The fourth-order valence-corrected chi connectivity index (χ4v) is 2.98. The van der Waals surface area contributed by atoms with Crippen molar-refractivity contribution in [3.63, 3.8) is 0 Å². The lowest BCUT2D eigenvalue weighted by molar-refractivity contribution is 1.12. The second-order valence-corrected chi connectivity index (χ2v) is 5.92. The lowest BCUT2D eigenvalue weighted by Gasteiger charge is -2.14. The average Bonchev–Trinajstić information content (AvgIpc) is 2.53. The molecular formula is C19H16ClN3. The molecule has 1 N–H and O–H groups in total. The highest BCUT2D eigenvalue weighted by Crippen LogP contribution is 2.27. The number of rotatable bonds is 3. The van der Waals surface area contributed by atoms with Gasteiger partial charge in [-0.2, -0.15) is 5.26 Å². The maximum Gasteiger partial charge on any atom is 0.101 e. The molecule has 1 aromatic heterocycles. The SMILES string of the molecule is Cc1cc(NCc2c(C)cccc2Cl)c2cccc(C#N)c2n1. The zero-order chi connectivity index (χ0) is 16.4. The zero-order valence-electron chi connectivity index (χ0n) is 13.0. The van der Waals surface area contributed by atoms with Crippen molar-refractivity contribution in [3.05, 3.63) is 69.9 Å². The van der Waals surface area contributed by atoms with E-state index in [1.165, 1.54) is 0 Å².